The second-order valence-electron chi connectivity index (χ2n) is 6.45. The number of nitrogens with one attached hydrogen (secondary N) is 1. The summed E-state index contributed by atoms with van der Waals surface area (Å²) in [4.78, 5) is 19.1. The molecular formula is C20H24BrF2N3OS. The van der Waals surface area contributed by atoms with Gasteiger partial charge in [0.05, 0.1) is 5.56 Å². The van der Waals surface area contributed by atoms with Crippen molar-refractivity contribution in [2.45, 2.75) is 32.1 Å². The highest BCUT2D eigenvalue weighted by atomic mass is 79.9. The van der Waals surface area contributed by atoms with Crippen LogP contribution in [0.5, 0.6) is 0 Å². The number of anilines is 2. The molecule has 0 saturated carbocycles. The minimum absolute atomic E-state index is 0.134. The third-order valence-corrected chi connectivity index (χ3v) is 5.33. The molecule has 2 aromatic rings. The molecule has 2 heterocycles. The first kappa shape index (κ1) is 22.6. The minimum atomic E-state index is -2.66. The summed E-state index contributed by atoms with van der Waals surface area (Å²) < 4.78 is 28.1. The molecule has 0 atom stereocenters. The topological polar surface area (TPSA) is 45.2 Å². The molecule has 1 aliphatic rings. The van der Waals surface area contributed by atoms with Crippen LogP contribution in [0.25, 0.3) is 0 Å². The normalized spacial score (nSPS) is 15.9. The van der Waals surface area contributed by atoms with Crippen LogP contribution in [-0.2, 0) is 0 Å². The SMILES string of the molecule is CS.Cc1c(Br)cnc(N2CCCC(F)(F)CC2)c1C(=O)Nc1ccccc1. The predicted molar refractivity (Wildman–Crippen MR) is 117 cm³/mol. The number of amides is 1. The Hall–Kier alpha value is -1.67. The van der Waals surface area contributed by atoms with Crippen LogP contribution in [0.3, 0.4) is 0 Å². The number of aromatic nitrogens is 1. The summed E-state index contributed by atoms with van der Waals surface area (Å²) >= 11 is 6.94. The number of benzene rings is 1. The summed E-state index contributed by atoms with van der Waals surface area (Å²) in [6.07, 6.45) is 3.31. The van der Waals surface area contributed by atoms with E-state index in [4.69, 9.17) is 0 Å². The third kappa shape index (κ3) is 5.67. The summed E-state index contributed by atoms with van der Waals surface area (Å²) in [6, 6.07) is 9.12. The summed E-state index contributed by atoms with van der Waals surface area (Å²) in [7, 11) is 0. The van der Waals surface area contributed by atoms with Crippen molar-refractivity contribution in [1.29, 1.82) is 0 Å². The quantitative estimate of drug-likeness (QED) is 0.574. The number of thiol groups is 1. The zero-order chi connectivity index (χ0) is 20.7. The monoisotopic (exact) mass is 471 g/mol. The van der Waals surface area contributed by atoms with E-state index in [-0.39, 0.29) is 25.3 Å². The fraction of sp³-hybridized carbons (Fsp3) is 0.400. The summed E-state index contributed by atoms with van der Waals surface area (Å²) in [5.74, 6) is -2.50. The number of hydrogen-bond acceptors (Lipinski definition) is 4. The van der Waals surface area contributed by atoms with Crippen LogP contribution in [0, 0.1) is 6.92 Å². The fourth-order valence-electron chi connectivity index (χ4n) is 3.07. The van der Waals surface area contributed by atoms with Gasteiger partial charge in [-0.3, -0.25) is 4.79 Å². The van der Waals surface area contributed by atoms with Gasteiger partial charge in [-0.05, 0) is 53.2 Å². The Morgan fingerprint density at radius 2 is 1.89 bits per heavy atom. The van der Waals surface area contributed by atoms with Gasteiger partial charge in [-0.2, -0.15) is 12.6 Å². The van der Waals surface area contributed by atoms with Gasteiger partial charge in [0.15, 0.2) is 0 Å². The van der Waals surface area contributed by atoms with E-state index in [1.165, 1.54) is 0 Å². The van der Waals surface area contributed by atoms with E-state index in [1.807, 2.05) is 25.1 Å². The van der Waals surface area contributed by atoms with Crippen molar-refractivity contribution in [3.8, 4) is 0 Å². The van der Waals surface area contributed by atoms with Crippen molar-refractivity contribution in [2.75, 3.05) is 29.6 Å². The van der Waals surface area contributed by atoms with Crippen molar-refractivity contribution >= 4 is 46.0 Å². The van der Waals surface area contributed by atoms with Crippen molar-refractivity contribution in [3.05, 3.63) is 52.1 Å². The number of halogens is 3. The second kappa shape index (κ2) is 10.2. The van der Waals surface area contributed by atoms with Gasteiger partial charge in [0.2, 0.25) is 5.92 Å². The number of nitrogens with zero attached hydrogens (tertiary/aromatic N) is 2. The molecule has 4 nitrogen and oxygen atoms in total. The summed E-state index contributed by atoms with van der Waals surface area (Å²) in [5.41, 5.74) is 1.82. The molecule has 1 saturated heterocycles. The zero-order valence-electron chi connectivity index (χ0n) is 15.9. The third-order valence-electron chi connectivity index (χ3n) is 4.53. The molecule has 0 aliphatic carbocycles. The first-order valence-electron chi connectivity index (χ1n) is 8.96. The molecule has 1 N–H and O–H groups in total. The van der Waals surface area contributed by atoms with E-state index in [0.717, 1.165) is 5.56 Å². The van der Waals surface area contributed by atoms with Gasteiger partial charge < -0.3 is 10.2 Å². The van der Waals surface area contributed by atoms with Gasteiger partial charge in [0.25, 0.3) is 5.91 Å². The van der Waals surface area contributed by atoms with Gasteiger partial charge >= 0.3 is 0 Å². The Bertz CT molecular complexity index is 806. The van der Waals surface area contributed by atoms with E-state index in [9.17, 15) is 13.6 Å². The first-order chi connectivity index (χ1) is 13.4. The fourth-order valence-corrected chi connectivity index (χ4v) is 3.37. The standard InChI is InChI=1S/C19H20BrF2N3O.CH4S/c1-13-15(20)12-23-17(25-10-5-8-19(21,22)9-11-25)16(13)18(26)24-14-6-3-2-4-7-14;1-2/h2-4,6-7,12H,5,8-11H2,1H3,(H,24,26);2H,1H3. The maximum absolute atomic E-state index is 13.7. The molecule has 1 aromatic carbocycles. The van der Waals surface area contributed by atoms with Gasteiger partial charge in [-0.15, -0.1) is 0 Å². The summed E-state index contributed by atoms with van der Waals surface area (Å²) in [5, 5.41) is 2.86. The first-order valence-corrected chi connectivity index (χ1v) is 10.7. The molecule has 8 heteroatoms. The van der Waals surface area contributed by atoms with Crippen LogP contribution in [0.15, 0.2) is 41.0 Å². The molecular weight excluding hydrogens is 448 g/mol. The zero-order valence-corrected chi connectivity index (χ0v) is 18.4. The number of carbonyl (C=O) groups is 1. The Morgan fingerprint density at radius 1 is 1.21 bits per heavy atom. The number of para-hydroxylation sites is 1. The van der Waals surface area contributed by atoms with E-state index >= 15 is 0 Å². The lowest BCUT2D eigenvalue weighted by molar-refractivity contribution is -0.0102. The van der Waals surface area contributed by atoms with Gasteiger partial charge in [0.1, 0.15) is 5.82 Å². The molecule has 0 spiro atoms. The highest BCUT2D eigenvalue weighted by Crippen LogP contribution is 2.33. The molecule has 3 rings (SSSR count). The number of carbonyl (C=O) groups excluding carboxylic acids is 1. The average Bonchev–Trinajstić information content (AvgIpc) is 2.86. The number of rotatable bonds is 3. The Morgan fingerprint density at radius 3 is 2.57 bits per heavy atom. The van der Waals surface area contributed by atoms with Gasteiger partial charge in [-0.25, -0.2) is 13.8 Å². The van der Waals surface area contributed by atoms with Crippen LogP contribution in [0.1, 0.15) is 35.2 Å². The number of alkyl halides is 2. The highest BCUT2D eigenvalue weighted by molar-refractivity contribution is 9.10. The van der Waals surface area contributed by atoms with E-state index in [0.29, 0.717) is 34.5 Å². The maximum Gasteiger partial charge on any atom is 0.259 e. The van der Waals surface area contributed by atoms with E-state index in [2.05, 4.69) is 38.9 Å². The van der Waals surface area contributed by atoms with Crippen molar-refractivity contribution in [3.63, 3.8) is 0 Å². The molecule has 0 bridgehead atoms. The van der Waals surface area contributed by atoms with Crippen LogP contribution in [-0.4, -0.2) is 36.2 Å². The van der Waals surface area contributed by atoms with Crippen molar-refractivity contribution in [1.82, 2.24) is 4.98 Å². The molecule has 152 valence electrons. The molecule has 0 radical (unpaired) electrons. The van der Waals surface area contributed by atoms with Crippen molar-refractivity contribution < 1.29 is 13.6 Å². The van der Waals surface area contributed by atoms with Crippen LogP contribution in [0.2, 0.25) is 0 Å². The highest BCUT2D eigenvalue weighted by Gasteiger charge is 2.33. The molecule has 1 amide bonds. The van der Waals surface area contributed by atoms with E-state index < -0.39 is 5.92 Å². The number of pyridine rings is 1. The van der Waals surface area contributed by atoms with E-state index in [1.54, 1.807) is 29.5 Å². The molecule has 0 unspecified atom stereocenters. The lowest BCUT2D eigenvalue weighted by Gasteiger charge is -2.25. The Balaban J connectivity index is 0.00000136. The summed E-state index contributed by atoms with van der Waals surface area (Å²) in [6.45, 7) is 2.45. The molecule has 28 heavy (non-hydrogen) atoms. The van der Waals surface area contributed by atoms with Gasteiger partial charge in [-0.1, -0.05) is 18.2 Å². The lowest BCUT2D eigenvalue weighted by Crippen LogP contribution is -2.30. The minimum Gasteiger partial charge on any atom is -0.356 e. The van der Waals surface area contributed by atoms with Crippen LogP contribution < -0.4 is 10.2 Å². The largest absolute Gasteiger partial charge is 0.356 e. The molecule has 1 aromatic heterocycles. The Labute approximate surface area is 178 Å². The second-order valence-corrected chi connectivity index (χ2v) is 7.30. The smallest absolute Gasteiger partial charge is 0.259 e. The number of hydrogen-bond donors (Lipinski definition) is 2. The van der Waals surface area contributed by atoms with Crippen molar-refractivity contribution in [2.24, 2.45) is 0 Å². The van der Waals surface area contributed by atoms with Crippen LogP contribution in [0.4, 0.5) is 20.3 Å². The Kier molecular flexibility index (Phi) is 8.24. The van der Waals surface area contributed by atoms with Gasteiger partial charge in [0, 0.05) is 42.3 Å². The molecule has 1 fully saturated rings. The lowest BCUT2D eigenvalue weighted by atomic mass is 10.1. The maximum atomic E-state index is 13.7. The predicted octanol–water partition coefficient (Wildman–Crippen LogP) is 5.58. The molecule has 1 aliphatic heterocycles. The van der Waals surface area contributed by atoms with Crippen LogP contribution >= 0.6 is 28.6 Å². The average molecular weight is 472 g/mol.